The zero-order valence-corrected chi connectivity index (χ0v) is 26.4. The monoisotopic (exact) mass is 615 g/mol. The highest BCUT2D eigenvalue weighted by Crippen LogP contribution is 2.37. The van der Waals surface area contributed by atoms with Gasteiger partial charge in [-0.1, -0.05) is 78.9 Å². The number of methoxy groups -OCH3 is 1. The molecule has 4 rings (SSSR count). The number of rotatable bonds is 16. The van der Waals surface area contributed by atoms with Crippen molar-refractivity contribution < 1.29 is 23.8 Å². The third kappa shape index (κ3) is 9.83. The van der Waals surface area contributed by atoms with Crippen molar-refractivity contribution in [1.29, 1.82) is 0 Å². The van der Waals surface area contributed by atoms with E-state index >= 15 is 0 Å². The van der Waals surface area contributed by atoms with Crippen LogP contribution in [-0.4, -0.2) is 43.6 Å². The summed E-state index contributed by atoms with van der Waals surface area (Å²) in [6.45, 7) is 5.07. The quantitative estimate of drug-likeness (QED) is 0.0931. The Bertz CT molecular complexity index is 1420. The summed E-state index contributed by atoms with van der Waals surface area (Å²) in [5.74, 6) is 0.375. The van der Waals surface area contributed by atoms with E-state index in [0.717, 1.165) is 73.3 Å². The minimum absolute atomic E-state index is 0.150. The first kappa shape index (κ1) is 33.0. The Morgan fingerprint density at radius 1 is 0.909 bits per heavy atom. The fourth-order valence-electron chi connectivity index (χ4n) is 5.21. The lowest BCUT2D eigenvalue weighted by Gasteiger charge is -2.24. The molecule has 0 saturated heterocycles. The predicted molar refractivity (Wildman–Crippen MR) is 175 cm³/mol. The van der Waals surface area contributed by atoms with Gasteiger partial charge in [0.2, 0.25) is 0 Å². The number of carbonyl (C=O) groups excluding carboxylic acids is 2. The van der Waals surface area contributed by atoms with E-state index in [0.29, 0.717) is 25.2 Å². The largest absolute Gasteiger partial charge is 0.489 e. The molecule has 0 aliphatic heterocycles. The Morgan fingerprint density at radius 2 is 1.66 bits per heavy atom. The van der Waals surface area contributed by atoms with Crippen LogP contribution in [0.2, 0.25) is 0 Å². The molecule has 3 aromatic rings. The highest BCUT2D eigenvalue weighted by Gasteiger charge is 2.26. The number of halogens is 1. The molecule has 0 radical (unpaired) electrons. The summed E-state index contributed by atoms with van der Waals surface area (Å²) in [7, 11) is 1.38. The Hall–Kier alpha value is -3.87. The second-order valence-electron chi connectivity index (χ2n) is 10.9. The number of carbonyl (C=O) groups is 2. The van der Waals surface area contributed by atoms with Gasteiger partial charge in [-0.25, -0.2) is 4.79 Å². The van der Waals surface area contributed by atoms with Crippen LogP contribution < -0.4 is 4.74 Å². The molecule has 1 unspecified atom stereocenters. The molecule has 0 fully saturated rings. The molecule has 0 aromatic heterocycles. The Balaban J connectivity index is 1.37. The molecule has 1 aliphatic rings. The molecule has 0 spiro atoms. The van der Waals surface area contributed by atoms with Crippen molar-refractivity contribution >= 4 is 23.5 Å². The zero-order chi connectivity index (χ0) is 31.2. The van der Waals surface area contributed by atoms with Crippen LogP contribution in [0.4, 0.5) is 0 Å². The Kier molecular flexibility index (Phi) is 12.6. The number of nitrogens with zero attached hydrogens (tertiary/aromatic N) is 1. The molecule has 0 heterocycles. The molecule has 0 N–H and O–H groups in total. The van der Waals surface area contributed by atoms with Crippen LogP contribution in [-0.2, 0) is 38.7 Å². The minimum atomic E-state index is -0.491. The van der Waals surface area contributed by atoms with Gasteiger partial charge in [0.05, 0.1) is 24.2 Å². The molecular formula is C37H42ClNO5. The lowest BCUT2D eigenvalue weighted by Crippen LogP contribution is -2.27. The molecular weight excluding hydrogens is 574 g/mol. The van der Waals surface area contributed by atoms with Crippen LogP contribution in [0.25, 0.3) is 0 Å². The molecule has 0 saturated carbocycles. The molecule has 44 heavy (non-hydrogen) atoms. The molecule has 6 nitrogen and oxygen atoms in total. The zero-order valence-electron chi connectivity index (χ0n) is 25.7. The molecule has 1 aliphatic carbocycles. The maximum atomic E-state index is 11.9. The maximum absolute atomic E-state index is 11.9. The van der Waals surface area contributed by atoms with E-state index in [1.54, 1.807) is 12.1 Å². The van der Waals surface area contributed by atoms with Crippen LogP contribution in [0.15, 0.2) is 97.1 Å². The summed E-state index contributed by atoms with van der Waals surface area (Å²) in [4.78, 5) is 25.6. The van der Waals surface area contributed by atoms with Crippen LogP contribution in [0.1, 0.15) is 65.2 Å². The lowest BCUT2D eigenvalue weighted by atomic mass is 9.91. The van der Waals surface area contributed by atoms with Crippen LogP contribution >= 0.6 is 11.6 Å². The van der Waals surface area contributed by atoms with Gasteiger partial charge >= 0.3 is 11.9 Å². The van der Waals surface area contributed by atoms with E-state index in [-0.39, 0.29) is 11.9 Å². The van der Waals surface area contributed by atoms with Crippen molar-refractivity contribution in [3.05, 3.63) is 125 Å². The Labute approximate surface area is 266 Å². The number of hydrogen-bond acceptors (Lipinski definition) is 6. The minimum Gasteiger partial charge on any atom is -0.489 e. The lowest BCUT2D eigenvalue weighted by molar-refractivity contribution is -0.143. The second-order valence-corrected chi connectivity index (χ2v) is 11.6. The highest BCUT2D eigenvalue weighted by molar-refractivity contribution is 6.25. The summed E-state index contributed by atoms with van der Waals surface area (Å²) >= 11 is 6.84. The van der Waals surface area contributed by atoms with Gasteiger partial charge in [-0.3, -0.25) is 9.69 Å². The third-order valence-corrected chi connectivity index (χ3v) is 8.21. The number of alkyl halides is 1. The maximum Gasteiger partial charge on any atom is 0.337 e. The third-order valence-electron chi connectivity index (χ3n) is 7.71. The van der Waals surface area contributed by atoms with E-state index < -0.39 is 4.87 Å². The number of esters is 2. The first-order chi connectivity index (χ1) is 21.4. The van der Waals surface area contributed by atoms with E-state index in [9.17, 15) is 9.59 Å². The van der Waals surface area contributed by atoms with Gasteiger partial charge in [0, 0.05) is 19.5 Å². The van der Waals surface area contributed by atoms with Crippen molar-refractivity contribution in [2.75, 3.05) is 26.8 Å². The highest BCUT2D eigenvalue weighted by atomic mass is 35.5. The van der Waals surface area contributed by atoms with Gasteiger partial charge in [-0.15, -0.1) is 11.6 Å². The molecule has 3 aromatic carbocycles. The summed E-state index contributed by atoms with van der Waals surface area (Å²) in [6.07, 6.45) is 11.8. The smallest absolute Gasteiger partial charge is 0.337 e. The van der Waals surface area contributed by atoms with E-state index in [1.165, 1.54) is 7.11 Å². The number of hydrogen-bond donors (Lipinski definition) is 0. The number of allylic oxidation sites excluding steroid dienone is 4. The molecule has 7 heteroatoms. The predicted octanol–water partition coefficient (Wildman–Crippen LogP) is 7.78. The first-order valence-electron chi connectivity index (χ1n) is 15.3. The number of para-hydroxylation sites is 1. The standard InChI is InChI=1S/C37H42ClNO5/c1-3-43-35(40)13-7-10-25-39(27-29-14-18-32(19-15-29)36(41)42-2)26-22-31-11-5-6-12-34(31)44-28-30-16-20-33(21-17-30)37(38)23-8-4-9-24-37/h4-6,8-9,11-12,14-21,23H,3,7,10,13,22,24-28H2,1-2H3. The van der Waals surface area contributed by atoms with Crippen molar-refractivity contribution in [3.8, 4) is 5.75 Å². The Morgan fingerprint density at radius 3 is 2.36 bits per heavy atom. The van der Waals surface area contributed by atoms with Crippen molar-refractivity contribution in [2.45, 2.75) is 57.1 Å². The van der Waals surface area contributed by atoms with E-state index in [2.05, 4.69) is 41.3 Å². The fourth-order valence-corrected chi connectivity index (χ4v) is 5.50. The van der Waals surface area contributed by atoms with Crippen molar-refractivity contribution in [1.82, 2.24) is 4.90 Å². The molecule has 232 valence electrons. The van der Waals surface area contributed by atoms with Crippen LogP contribution in [0.3, 0.4) is 0 Å². The summed E-state index contributed by atoms with van der Waals surface area (Å²) in [6, 6.07) is 24.0. The number of benzene rings is 3. The fraction of sp³-hybridized carbons (Fsp3) is 0.351. The number of unbranched alkanes of at least 4 members (excludes halogenated alkanes) is 1. The number of ether oxygens (including phenoxy) is 3. The molecule has 0 amide bonds. The van der Waals surface area contributed by atoms with Crippen LogP contribution in [0, 0.1) is 0 Å². The average molecular weight is 616 g/mol. The van der Waals surface area contributed by atoms with E-state index in [1.807, 2.05) is 55.5 Å². The SMILES string of the molecule is CCOC(=O)CCCCN(CCc1ccccc1OCc1ccc(C2(Cl)C=CC=CC2)cc1)Cc1ccc(C(=O)OC)cc1. The van der Waals surface area contributed by atoms with Gasteiger partial charge < -0.3 is 14.2 Å². The summed E-state index contributed by atoms with van der Waals surface area (Å²) in [5, 5.41) is 0. The van der Waals surface area contributed by atoms with Gasteiger partial charge in [-0.2, -0.15) is 0 Å². The topological polar surface area (TPSA) is 65.1 Å². The average Bonchev–Trinajstić information content (AvgIpc) is 3.05. The van der Waals surface area contributed by atoms with Crippen LogP contribution in [0.5, 0.6) is 5.75 Å². The normalized spacial score (nSPS) is 15.7. The second kappa shape index (κ2) is 16.8. The van der Waals surface area contributed by atoms with Gasteiger partial charge in [0.15, 0.2) is 0 Å². The van der Waals surface area contributed by atoms with Crippen molar-refractivity contribution in [3.63, 3.8) is 0 Å². The van der Waals surface area contributed by atoms with Crippen molar-refractivity contribution in [2.24, 2.45) is 0 Å². The van der Waals surface area contributed by atoms with E-state index in [4.69, 9.17) is 25.8 Å². The van der Waals surface area contributed by atoms with Gasteiger partial charge in [-0.05, 0) is 79.6 Å². The summed E-state index contributed by atoms with van der Waals surface area (Å²) < 4.78 is 16.2. The van der Waals surface area contributed by atoms with Gasteiger partial charge in [0.25, 0.3) is 0 Å². The van der Waals surface area contributed by atoms with Gasteiger partial charge in [0.1, 0.15) is 12.4 Å². The molecule has 0 bridgehead atoms. The molecule has 1 atom stereocenters. The summed E-state index contributed by atoms with van der Waals surface area (Å²) in [5.41, 5.74) is 4.93. The first-order valence-corrected chi connectivity index (χ1v) is 15.7.